The van der Waals surface area contributed by atoms with Crippen LogP contribution in [-0.4, -0.2) is 43.8 Å². The van der Waals surface area contributed by atoms with E-state index in [1.165, 1.54) is 0 Å². The molecule has 6 nitrogen and oxygen atoms in total. The predicted octanol–water partition coefficient (Wildman–Crippen LogP) is 1.82. The third-order valence-corrected chi connectivity index (χ3v) is 3.82. The molecule has 0 spiro atoms. The van der Waals surface area contributed by atoms with E-state index in [2.05, 4.69) is 19.9 Å². The lowest BCUT2D eigenvalue weighted by Gasteiger charge is -2.13. The number of hydrogen-bond donors (Lipinski definition) is 1. The van der Waals surface area contributed by atoms with Gasteiger partial charge in [0.25, 0.3) is 0 Å². The molecule has 1 unspecified atom stereocenters. The number of likely N-dealkylation sites (tertiary alicyclic amines) is 1. The Balaban J connectivity index is 1.90. The lowest BCUT2D eigenvalue weighted by atomic mass is 10.1. The fourth-order valence-electron chi connectivity index (χ4n) is 2.70. The Bertz CT molecular complexity index is 678. The first kappa shape index (κ1) is 13.7. The molecule has 1 aliphatic rings. The summed E-state index contributed by atoms with van der Waals surface area (Å²) < 4.78 is 0. The number of hydrogen-bond acceptors (Lipinski definition) is 4. The van der Waals surface area contributed by atoms with Gasteiger partial charge in [-0.15, -0.1) is 0 Å². The monoisotopic (exact) mass is 285 g/mol. The summed E-state index contributed by atoms with van der Waals surface area (Å²) in [7, 11) is 0. The summed E-state index contributed by atoms with van der Waals surface area (Å²) in [4.78, 5) is 30.0. The second-order valence-corrected chi connectivity index (χ2v) is 5.62. The number of nitrogens with one attached hydrogen (secondary N) is 1. The van der Waals surface area contributed by atoms with Crippen LogP contribution in [0, 0.1) is 13.8 Å². The van der Waals surface area contributed by atoms with Crippen LogP contribution in [-0.2, 0) is 4.79 Å². The maximum absolute atomic E-state index is 11.5. The van der Waals surface area contributed by atoms with E-state index >= 15 is 0 Å². The molecule has 2 aromatic heterocycles. The number of carbonyl (C=O) groups is 1. The molecule has 1 saturated heterocycles. The van der Waals surface area contributed by atoms with Crippen LogP contribution in [0.4, 0.5) is 0 Å². The highest BCUT2D eigenvalue weighted by Gasteiger charge is 2.28. The molecular weight excluding hydrogens is 266 g/mol. The number of aromatic amines is 1. The number of nitrogens with zero attached hydrogens (tertiary/aromatic N) is 4. The summed E-state index contributed by atoms with van der Waals surface area (Å²) in [5, 5.41) is 0. The highest BCUT2D eigenvalue weighted by atomic mass is 16.2. The average molecular weight is 285 g/mol. The molecule has 0 bridgehead atoms. The zero-order valence-corrected chi connectivity index (χ0v) is 12.6. The number of H-pyrrole nitrogens is 1. The zero-order chi connectivity index (χ0) is 15.0. The second kappa shape index (κ2) is 5.27. The van der Waals surface area contributed by atoms with Crippen molar-refractivity contribution in [2.45, 2.75) is 33.1 Å². The van der Waals surface area contributed by atoms with E-state index in [4.69, 9.17) is 0 Å². The molecule has 0 radical (unpaired) electrons. The van der Waals surface area contributed by atoms with Crippen molar-refractivity contribution in [2.75, 3.05) is 13.1 Å². The zero-order valence-electron chi connectivity index (χ0n) is 12.6. The van der Waals surface area contributed by atoms with Gasteiger partial charge in [-0.05, 0) is 26.3 Å². The molecule has 1 aliphatic heterocycles. The number of carbonyl (C=O) groups excluding carboxylic acids is 1. The van der Waals surface area contributed by atoms with Gasteiger partial charge < -0.3 is 9.88 Å². The summed E-state index contributed by atoms with van der Waals surface area (Å²) in [6.07, 6.45) is 2.71. The van der Waals surface area contributed by atoms with Crippen molar-refractivity contribution in [1.82, 2.24) is 24.8 Å². The van der Waals surface area contributed by atoms with Gasteiger partial charge in [-0.1, -0.05) is 0 Å². The van der Waals surface area contributed by atoms with Crippen LogP contribution in [0.5, 0.6) is 0 Å². The quantitative estimate of drug-likeness (QED) is 0.913. The lowest BCUT2D eigenvalue weighted by Crippen LogP contribution is -2.25. The summed E-state index contributed by atoms with van der Waals surface area (Å²) in [5.41, 5.74) is 2.74. The second-order valence-electron chi connectivity index (χ2n) is 5.62. The van der Waals surface area contributed by atoms with Crippen molar-refractivity contribution >= 4 is 5.91 Å². The van der Waals surface area contributed by atoms with Gasteiger partial charge in [-0.3, -0.25) is 4.79 Å². The standard InChI is InChI=1S/C15H19N5O/c1-9-6-13(15-16-7-10(2)18-15)19-14(17-9)12-4-5-20(8-12)11(3)21/h6-7,12H,4-5,8H2,1-3H3,(H,16,18). The highest BCUT2D eigenvalue weighted by Crippen LogP contribution is 2.26. The molecule has 0 aromatic carbocycles. The fourth-order valence-corrected chi connectivity index (χ4v) is 2.70. The number of imidazole rings is 1. The first-order valence-corrected chi connectivity index (χ1v) is 7.16. The number of amides is 1. The molecule has 1 atom stereocenters. The van der Waals surface area contributed by atoms with Crippen LogP contribution in [0.1, 0.15) is 36.5 Å². The highest BCUT2D eigenvalue weighted by molar-refractivity contribution is 5.73. The average Bonchev–Trinajstić information content (AvgIpc) is 3.06. The third kappa shape index (κ3) is 2.79. The predicted molar refractivity (Wildman–Crippen MR) is 78.7 cm³/mol. The Morgan fingerprint density at radius 2 is 2.19 bits per heavy atom. The lowest BCUT2D eigenvalue weighted by molar-refractivity contribution is -0.127. The van der Waals surface area contributed by atoms with Gasteiger partial charge in [-0.2, -0.15) is 0 Å². The molecule has 0 aliphatic carbocycles. The topological polar surface area (TPSA) is 74.8 Å². The van der Waals surface area contributed by atoms with E-state index in [0.29, 0.717) is 6.54 Å². The Kier molecular flexibility index (Phi) is 3.45. The Hall–Kier alpha value is -2.24. The van der Waals surface area contributed by atoms with Gasteiger partial charge in [0.05, 0.1) is 0 Å². The molecule has 3 heterocycles. The Morgan fingerprint density at radius 1 is 1.38 bits per heavy atom. The van der Waals surface area contributed by atoms with Crippen molar-refractivity contribution in [2.24, 2.45) is 0 Å². The molecule has 2 aromatic rings. The minimum absolute atomic E-state index is 0.118. The van der Waals surface area contributed by atoms with E-state index in [-0.39, 0.29) is 11.8 Å². The Labute approximate surface area is 123 Å². The smallest absolute Gasteiger partial charge is 0.219 e. The van der Waals surface area contributed by atoms with Crippen LogP contribution >= 0.6 is 0 Å². The molecule has 110 valence electrons. The van der Waals surface area contributed by atoms with Crippen LogP contribution in [0.25, 0.3) is 11.5 Å². The van der Waals surface area contributed by atoms with Crippen molar-refractivity contribution in [3.63, 3.8) is 0 Å². The van der Waals surface area contributed by atoms with Gasteiger partial charge in [0, 0.05) is 43.5 Å². The van der Waals surface area contributed by atoms with Crippen LogP contribution in [0.15, 0.2) is 12.3 Å². The van der Waals surface area contributed by atoms with E-state index in [1.807, 2.05) is 24.8 Å². The molecule has 3 rings (SSSR count). The molecular formula is C15H19N5O. The molecule has 1 fully saturated rings. The fraction of sp³-hybridized carbons (Fsp3) is 0.467. The first-order chi connectivity index (χ1) is 10.0. The normalized spacial score (nSPS) is 18.2. The van der Waals surface area contributed by atoms with Crippen molar-refractivity contribution in [3.05, 3.63) is 29.5 Å². The van der Waals surface area contributed by atoms with Crippen molar-refractivity contribution in [3.8, 4) is 11.5 Å². The number of aryl methyl sites for hydroxylation is 2. The van der Waals surface area contributed by atoms with Gasteiger partial charge in [0.15, 0.2) is 5.82 Å². The van der Waals surface area contributed by atoms with Gasteiger partial charge >= 0.3 is 0 Å². The minimum atomic E-state index is 0.118. The number of aromatic nitrogens is 4. The van der Waals surface area contributed by atoms with Crippen molar-refractivity contribution < 1.29 is 4.79 Å². The summed E-state index contributed by atoms with van der Waals surface area (Å²) >= 11 is 0. The van der Waals surface area contributed by atoms with E-state index in [1.54, 1.807) is 13.1 Å². The van der Waals surface area contributed by atoms with Crippen LogP contribution in [0.3, 0.4) is 0 Å². The van der Waals surface area contributed by atoms with Gasteiger partial charge in [0.1, 0.15) is 11.5 Å². The SMILES string of the molecule is CC(=O)N1CCC(c2nc(C)cc(-c3ncc(C)[nH]3)n2)C1. The van der Waals surface area contributed by atoms with Crippen LogP contribution < -0.4 is 0 Å². The first-order valence-electron chi connectivity index (χ1n) is 7.16. The van der Waals surface area contributed by atoms with Gasteiger partial charge in [-0.25, -0.2) is 15.0 Å². The number of rotatable bonds is 2. The summed E-state index contributed by atoms with van der Waals surface area (Å²) in [6.45, 7) is 7.02. The summed E-state index contributed by atoms with van der Waals surface area (Å²) in [6, 6.07) is 1.93. The third-order valence-electron chi connectivity index (χ3n) is 3.82. The van der Waals surface area contributed by atoms with E-state index < -0.39 is 0 Å². The molecule has 1 N–H and O–H groups in total. The molecule has 21 heavy (non-hydrogen) atoms. The minimum Gasteiger partial charge on any atom is -0.342 e. The maximum atomic E-state index is 11.5. The molecule has 6 heteroatoms. The van der Waals surface area contributed by atoms with E-state index in [0.717, 1.165) is 41.7 Å². The van der Waals surface area contributed by atoms with Crippen molar-refractivity contribution in [1.29, 1.82) is 0 Å². The summed E-state index contributed by atoms with van der Waals surface area (Å²) in [5.74, 6) is 1.90. The Morgan fingerprint density at radius 3 is 2.81 bits per heavy atom. The van der Waals surface area contributed by atoms with Gasteiger partial charge in [0.2, 0.25) is 5.91 Å². The largest absolute Gasteiger partial charge is 0.342 e. The van der Waals surface area contributed by atoms with E-state index in [9.17, 15) is 4.79 Å². The molecule has 1 amide bonds. The van der Waals surface area contributed by atoms with Crippen LogP contribution in [0.2, 0.25) is 0 Å². The maximum Gasteiger partial charge on any atom is 0.219 e. The molecule has 0 saturated carbocycles.